The van der Waals surface area contributed by atoms with Crippen molar-refractivity contribution in [2.45, 2.75) is 6.61 Å². The van der Waals surface area contributed by atoms with Crippen molar-refractivity contribution < 1.29 is 9.47 Å². The molecule has 0 fully saturated rings. The van der Waals surface area contributed by atoms with Crippen LogP contribution in [0.3, 0.4) is 0 Å². The molecular weight excluding hydrogens is 288 g/mol. The average molecular weight is 306 g/mol. The van der Waals surface area contributed by atoms with Crippen LogP contribution in [0.2, 0.25) is 0 Å². The van der Waals surface area contributed by atoms with Crippen LogP contribution in [0, 0.1) is 0 Å². The summed E-state index contributed by atoms with van der Waals surface area (Å²) in [5, 5.41) is 0. The summed E-state index contributed by atoms with van der Waals surface area (Å²) in [5.41, 5.74) is 9.58. The number of aromatic nitrogens is 1. The maximum Gasteiger partial charge on any atom is 0.143 e. The minimum atomic E-state index is 0.471. The van der Waals surface area contributed by atoms with Crippen LogP contribution in [0.4, 0.5) is 5.69 Å². The first-order valence-corrected chi connectivity index (χ1v) is 7.32. The smallest absolute Gasteiger partial charge is 0.143 e. The molecule has 0 saturated heterocycles. The zero-order valence-electron chi connectivity index (χ0n) is 12.9. The van der Waals surface area contributed by atoms with Gasteiger partial charge in [0, 0.05) is 18.0 Å². The van der Waals surface area contributed by atoms with Crippen molar-refractivity contribution in [1.29, 1.82) is 0 Å². The minimum Gasteiger partial charge on any atom is -0.496 e. The van der Waals surface area contributed by atoms with Gasteiger partial charge in [-0.3, -0.25) is 4.98 Å². The number of hydrogen-bond donors (Lipinski definition) is 1. The van der Waals surface area contributed by atoms with Gasteiger partial charge < -0.3 is 15.2 Å². The number of anilines is 1. The van der Waals surface area contributed by atoms with E-state index in [0.717, 1.165) is 22.4 Å². The van der Waals surface area contributed by atoms with Crippen molar-refractivity contribution in [3.63, 3.8) is 0 Å². The highest BCUT2D eigenvalue weighted by Gasteiger charge is 2.09. The quantitative estimate of drug-likeness (QED) is 0.726. The van der Waals surface area contributed by atoms with Gasteiger partial charge in [0.15, 0.2) is 0 Å². The molecule has 0 aliphatic carbocycles. The van der Waals surface area contributed by atoms with Crippen molar-refractivity contribution in [1.82, 2.24) is 4.98 Å². The average Bonchev–Trinajstić information content (AvgIpc) is 2.62. The molecule has 0 amide bonds. The first-order chi connectivity index (χ1) is 11.3. The molecule has 4 nitrogen and oxygen atoms in total. The van der Waals surface area contributed by atoms with Crippen LogP contribution in [0.5, 0.6) is 11.5 Å². The molecule has 2 aromatic carbocycles. The molecule has 0 aliphatic rings. The van der Waals surface area contributed by atoms with Crippen LogP contribution < -0.4 is 15.2 Å². The number of hydrogen-bond acceptors (Lipinski definition) is 4. The fraction of sp³-hybridized carbons (Fsp3) is 0.105. The number of nitrogens with two attached hydrogens (primary N) is 1. The lowest BCUT2D eigenvalue weighted by Gasteiger charge is -2.12. The molecule has 0 radical (unpaired) electrons. The molecule has 3 aromatic rings. The van der Waals surface area contributed by atoms with Gasteiger partial charge in [0.1, 0.15) is 18.1 Å². The van der Waals surface area contributed by atoms with Crippen LogP contribution in [-0.4, -0.2) is 12.1 Å². The van der Waals surface area contributed by atoms with E-state index in [9.17, 15) is 0 Å². The number of pyridine rings is 1. The van der Waals surface area contributed by atoms with Crippen molar-refractivity contribution >= 4 is 5.69 Å². The summed E-state index contributed by atoms with van der Waals surface area (Å²) in [5.74, 6) is 1.41. The normalized spacial score (nSPS) is 10.3. The summed E-state index contributed by atoms with van der Waals surface area (Å²) in [6.07, 6.45) is 3.47. The van der Waals surface area contributed by atoms with E-state index in [2.05, 4.69) is 4.98 Å². The molecule has 4 heteroatoms. The molecule has 116 valence electrons. The third kappa shape index (κ3) is 3.43. The van der Waals surface area contributed by atoms with Crippen molar-refractivity contribution in [3.05, 3.63) is 72.6 Å². The Morgan fingerprint density at radius 2 is 1.83 bits per heavy atom. The van der Waals surface area contributed by atoms with Gasteiger partial charge in [-0.25, -0.2) is 0 Å². The van der Waals surface area contributed by atoms with E-state index in [-0.39, 0.29) is 0 Å². The first-order valence-electron chi connectivity index (χ1n) is 7.32. The predicted molar refractivity (Wildman–Crippen MR) is 91.4 cm³/mol. The minimum absolute atomic E-state index is 0.471. The summed E-state index contributed by atoms with van der Waals surface area (Å²) >= 11 is 0. The summed E-state index contributed by atoms with van der Waals surface area (Å²) in [4.78, 5) is 4.16. The van der Waals surface area contributed by atoms with E-state index in [1.807, 2.05) is 54.6 Å². The Hall–Kier alpha value is -3.01. The molecule has 1 heterocycles. The van der Waals surface area contributed by atoms with Gasteiger partial charge in [0.2, 0.25) is 0 Å². The number of nitrogens with zero attached hydrogens (tertiary/aromatic N) is 1. The Bertz CT molecular complexity index is 788. The van der Waals surface area contributed by atoms with Crippen LogP contribution >= 0.6 is 0 Å². The maximum absolute atomic E-state index is 6.03. The fourth-order valence-electron chi connectivity index (χ4n) is 2.34. The SMILES string of the molecule is COc1ccncc1-c1ccc(N)c(OCc2ccccc2)c1. The fourth-order valence-corrected chi connectivity index (χ4v) is 2.34. The lowest BCUT2D eigenvalue weighted by atomic mass is 10.1. The third-order valence-corrected chi connectivity index (χ3v) is 3.56. The highest BCUT2D eigenvalue weighted by molar-refractivity contribution is 5.73. The Morgan fingerprint density at radius 1 is 1.00 bits per heavy atom. The Morgan fingerprint density at radius 3 is 2.61 bits per heavy atom. The van der Waals surface area contributed by atoms with E-state index in [1.165, 1.54) is 0 Å². The molecule has 0 aliphatic heterocycles. The molecule has 0 bridgehead atoms. The summed E-state index contributed by atoms with van der Waals surface area (Å²) in [6.45, 7) is 0.471. The summed E-state index contributed by atoms with van der Waals surface area (Å²) in [7, 11) is 1.64. The van der Waals surface area contributed by atoms with Gasteiger partial charge in [0.05, 0.1) is 12.8 Å². The molecule has 0 unspecified atom stereocenters. The van der Waals surface area contributed by atoms with Gasteiger partial charge in [-0.2, -0.15) is 0 Å². The van der Waals surface area contributed by atoms with E-state index in [1.54, 1.807) is 19.5 Å². The standard InChI is InChI=1S/C19H18N2O2/c1-22-18-9-10-21-12-16(18)15-7-8-17(20)19(11-15)23-13-14-5-3-2-4-6-14/h2-12H,13,20H2,1H3. The summed E-state index contributed by atoms with van der Waals surface area (Å²) < 4.78 is 11.3. The molecular formula is C19H18N2O2. The van der Waals surface area contributed by atoms with Crippen LogP contribution in [0.15, 0.2) is 67.0 Å². The van der Waals surface area contributed by atoms with Gasteiger partial charge in [-0.05, 0) is 29.3 Å². The highest BCUT2D eigenvalue weighted by Crippen LogP contribution is 2.33. The topological polar surface area (TPSA) is 57.4 Å². The van der Waals surface area contributed by atoms with Crippen LogP contribution in [0.25, 0.3) is 11.1 Å². The Kier molecular flexibility index (Phi) is 4.43. The number of ether oxygens (including phenoxy) is 2. The molecule has 23 heavy (non-hydrogen) atoms. The Labute approximate surface area is 135 Å². The van der Waals surface area contributed by atoms with Gasteiger partial charge in [0.25, 0.3) is 0 Å². The summed E-state index contributed by atoms with van der Waals surface area (Å²) in [6, 6.07) is 17.5. The molecule has 0 saturated carbocycles. The monoisotopic (exact) mass is 306 g/mol. The number of benzene rings is 2. The lowest BCUT2D eigenvalue weighted by molar-refractivity contribution is 0.308. The van der Waals surface area contributed by atoms with E-state index in [4.69, 9.17) is 15.2 Å². The Balaban J connectivity index is 1.87. The highest BCUT2D eigenvalue weighted by atomic mass is 16.5. The second-order valence-corrected chi connectivity index (χ2v) is 5.10. The number of rotatable bonds is 5. The van der Waals surface area contributed by atoms with Crippen molar-refractivity contribution in [2.75, 3.05) is 12.8 Å². The maximum atomic E-state index is 6.03. The molecule has 0 spiro atoms. The van der Waals surface area contributed by atoms with Crippen LogP contribution in [0.1, 0.15) is 5.56 Å². The molecule has 2 N–H and O–H groups in total. The zero-order chi connectivity index (χ0) is 16.1. The number of nitrogen functional groups attached to an aromatic ring is 1. The number of methoxy groups -OCH3 is 1. The zero-order valence-corrected chi connectivity index (χ0v) is 12.9. The van der Waals surface area contributed by atoms with E-state index in [0.29, 0.717) is 18.0 Å². The van der Waals surface area contributed by atoms with Crippen molar-refractivity contribution in [2.24, 2.45) is 0 Å². The molecule has 0 atom stereocenters. The third-order valence-electron chi connectivity index (χ3n) is 3.56. The van der Waals surface area contributed by atoms with E-state index >= 15 is 0 Å². The lowest BCUT2D eigenvalue weighted by Crippen LogP contribution is -1.99. The van der Waals surface area contributed by atoms with Crippen molar-refractivity contribution in [3.8, 4) is 22.6 Å². The second-order valence-electron chi connectivity index (χ2n) is 5.10. The van der Waals surface area contributed by atoms with Crippen LogP contribution in [-0.2, 0) is 6.61 Å². The largest absolute Gasteiger partial charge is 0.496 e. The molecule has 1 aromatic heterocycles. The molecule has 3 rings (SSSR count). The second kappa shape index (κ2) is 6.83. The van der Waals surface area contributed by atoms with Gasteiger partial charge in [-0.15, -0.1) is 0 Å². The van der Waals surface area contributed by atoms with Gasteiger partial charge in [-0.1, -0.05) is 36.4 Å². The van der Waals surface area contributed by atoms with Gasteiger partial charge >= 0.3 is 0 Å². The first kappa shape index (κ1) is 14.9. The predicted octanol–water partition coefficient (Wildman–Crippen LogP) is 3.92. The van der Waals surface area contributed by atoms with E-state index < -0.39 is 0 Å².